The molecular weight excluding hydrogens is 429 g/mol. The van der Waals surface area contributed by atoms with Gasteiger partial charge in [-0.3, -0.25) is 14.6 Å². The van der Waals surface area contributed by atoms with Crippen molar-refractivity contribution < 1.29 is 14.0 Å². The maximum absolute atomic E-state index is 15.0. The van der Waals surface area contributed by atoms with Crippen molar-refractivity contribution in [1.82, 2.24) is 14.8 Å². The maximum atomic E-state index is 15.0. The summed E-state index contributed by atoms with van der Waals surface area (Å²) in [5.41, 5.74) is -0.938. The first-order valence-electron chi connectivity index (χ1n) is 11.2. The van der Waals surface area contributed by atoms with Crippen molar-refractivity contribution in [2.24, 2.45) is 0 Å². The Morgan fingerprint density at radius 1 is 1.03 bits per heavy atom. The molecule has 2 aliphatic rings. The minimum Gasteiger partial charge on any atom is -0.348 e. The summed E-state index contributed by atoms with van der Waals surface area (Å²) < 4.78 is 15.0. The van der Waals surface area contributed by atoms with Gasteiger partial charge in [0.25, 0.3) is 0 Å². The van der Waals surface area contributed by atoms with Crippen LogP contribution in [-0.2, 0) is 20.4 Å². The zero-order valence-corrected chi connectivity index (χ0v) is 19.4. The largest absolute Gasteiger partial charge is 0.348 e. The molecule has 1 saturated heterocycles. The fourth-order valence-electron chi connectivity index (χ4n) is 5.60. The third-order valence-electron chi connectivity index (χ3n) is 7.06. The number of hydrogen-bond acceptors (Lipinski definition) is 3. The molecule has 1 atom stereocenters. The monoisotopic (exact) mass is 457 g/mol. The molecular formula is C25H29ClFN3O2. The van der Waals surface area contributed by atoms with Crippen LogP contribution in [0.4, 0.5) is 4.39 Å². The quantitative estimate of drug-likeness (QED) is 0.686. The first-order chi connectivity index (χ1) is 15.3. The number of halogens is 2. The van der Waals surface area contributed by atoms with Crippen LogP contribution in [0.2, 0.25) is 5.02 Å². The van der Waals surface area contributed by atoms with Gasteiger partial charge in [0.15, 0.2) is 0 Å². The minimum absolute atomic E-state index is 0.0712. The van der Waals surface area contributed by atoms with Gasteiger partial charge in [-0.1, -0.05) is 36.6 Å². The average Bonchev–Trinajstić information content (AvgIpc) is 3.29. The number of carbonyl (C=O) groups is 2. The normalized spacial score (nSPS) is 22.6. The van der Waals surface area contributed by atoms with E-state index in [0.717, 1.165) is 12.8 Å². The lowest BCUT2D eigenvalue weighted by Crippen LogP contribution is -2.59. The van der Waals surface area contributed by atoms with Crippen LogP contribution >= 0.6 is 11.6 Å². The van der Waals surface area contributed by atoms with Gasteiger partial charge in [0, 0.05) is 44.0 Å². The highest BCUT2D eigenvalue weighted by Crippen LogP contribution is 2.47. The number of likely N-dealkylation sites (N-methyl/N-ethyl adjacent to an activating group) is 1. The van der Waals surface area contributed by atoms with E-state index in [1.54, 1.807) is 42.2 Å². The summed E-state index contributed by atoms with van der Waals surface area (Å²) in [6, 6.07) is 10.1. The lowest BCUT2D eigenvalue weighted by Gasteiger charge is -2.45. The van der Waals surface area contributed by atoms with E-state index in [4.69, 9.17) is 11.6 Å². The van der Waals surface area contributed by atoms with Crippen molar-refractivity contribution in [2.75, 3.05) is 27.2 Å². The number of benzene rings is 1. The zero-order chi connectivity index (χ0) is 22.9. The minimum atomic E-state index is -0.989. The Balaban J connectivity index is 1.76. The zero-order valence-electron chi connectivity index (χ0n) is 18.6. The van der Waals surface area contributed by atoms with Crippen molar-refractivity contribution in [1.29, 1.82) is 0 Å². The Morgan fingerprint density at radius 3 is 2.38 bits per heavy atom. The molecule has 7 heteroatoms. The fraction of sp³-hybridized carbons (Fsp3) is 0.480. The SMILES string of the molecule is CN(C)C(=O)C1(c2ccccn2)CCCN(C(=O)C2(c3c(F)cccc3Cl)CCCC2)C1. The highest BCUT2D eigenvalue weighted by atomic mass is 35.5. The van der Waals surface area contributed by atoms with Crippen LogP contribution in [0.1, 0.15) is 49.8 Å². The molecule has 1 saturated carbocycles. The molecule has 1 aromatic carbocycles. The summed E-state index contributed by atoms with van der Waals surface area (Å²) in [4.78, 5) is 35.4. The molecule has 0 bridgehead atoms. The second kappa shape index (κ2) is 8.81. The van der Waals surface area contributed by atoms with E-state index < -0.39 is 16.6 Å². The van der Waals surface area contributed by atoms with Gasteiger partial charge in [0.2, 0.25) is 11.8 Å². The molecule has 0 N–H and O–H groups in total. The van der Waals surface area contributed by atoms with Crippen LogP contribution in [0.25, 0.3) is 0 Å². The van der Waals surface area contributed by atoms with E-state index in [2.05, 4.69) is 4.98 Å². The number of hydrogen-bond donors (Lipinski definition) is 0. The first kappa shape index (κ1) is 22.7. The molecule has 2 aromatic rings. The molecule has 2 heterocycles. The molecule has 32 heavy (non-hydrogen) atoms. The van der Waals surface area contributed by atoms with Gasteiger partial charge in [0.05, 0.1) is 11.1 Å². The van der Waals surface area contributed by atoms with E-state index in [-0.39, 0.29) is 23.4 Å². The summed E-state index contributed by atoms with van der Waals surface area (Å²) in [7, 11) is 3.46. The highest BCUT2D eigenvalue weighted by molar-refractivity contribution is 6.31. The molecule has 1 aliphatic carbocycles. The van der Waals surface area contributed by atoms with Crippen LogP contribution < -0.4 is 0 Å². The molecule has 0 spiro atoms. The van der Waals surface area contributed by atoms with Crippen molar-refractivity contribution in [3.05, 3.63) is 64.7 Å². The van der Waals surface area contributed by atoms with Crippen LogP contribution in [0.5, 0.6) is 0 Å². The number of aromatic nitrogens is 1. The van der Waals surface area contributed by atoms with Gasteiger partial charge < -0.3 is 9.80 Å². The number of likely N-dealkylation sites (tertiary alicyclic amines) is 1. The highest BCUT2D eigenvalue weighted by Gasteiger charge is 2.52. The van der Waals surface area contributed by atoms with Crippen LogP contribution in [0, 0.1) is 5.82 Å². The smallest absolute Gasteiger partial charge is 0.236 e. The van der Waals surface area contributed by atoms with E-state index >= 15 is 0 Å². The molecule has 1 unspecified atom stereocenters. The standard InChI is InChI=1S/C25H29ClFN3O2/c1-29(2)22(31)25(20-11-3-6-15-28-20)14-8-16-30(17-25)23(32)24(12-4-5-13-24)21-18(26)9-7-10-19(21)27/h3,6-7,9-11,15H,4-5,8,12-14,16-17H2,1-2H3. The van der Waals surface area contributed by atoms with Crippen molar-refractivity contribution >= 4 is 23.4 Å². The van der Waals surface area contributed by atoms with Gasteiger partial charge in [0.1, 0.15) is 11.2 Å². The third-order valence-corrected chi connectivity index (χ3v) is 7.37. The molecule has 4 rings (SSSR count). The molecule has 2 amide bonds. The number of nitrogens with zero attached hydrogens (tertiary/aromatic N) is 3. The third kappa shape index (κ3) is 3.68. The summed E-state index contributed by atoms with van der Waals surface area (Å²) >= 11 is 6.44. The number of pyridine rings is 1. The van der Waals surface area contributed by atoms with Crippen LogP contribution in [-0.4, -0.2) is 53.8 Å². The lowest BCUT2D eigenvalue weighted by atomic mass is 9.72. The van der Waals surface area contributed by atoms with Gasteiger partial charge in [-0.2, -0.15) is 0 Å². The predicted octanol–water partition coefficient (Wildman–Crippen LogP) is 4.33. The lowest BCUT2D eigenvalue weighted by molar-refractivity contribution is -0.145. The van der Waals surface area contributed by atoms with Gasteiger partial charge in [-0.05, 0) is 49.9 Å². The van der Waals surface area contributed by atoms with Gasteiger partial charge in [-0.15, -0.1) is 0 Å². The molecule has 2 fully saturated rings. The molecule has 0 radical (unpaired) electrons. The molecule has 170 valence electrons. The van der Waals surface area contributed by atoms with Crippen LogP contribution in [0.3, 0.4) is 0 Å². The Hall–Kier alpha value is -2.47. The second-order valence-electron chi connectivity index (χ2n) is 9.21. The van der Waals surface area contributed by atoms with Gasteiger partial charge >= 0.3 is 0 Å². The summed E-state index contributed by atoms with van der Waals surface area (Å²) in [5, 5.41) is 0.289. The van der Waals surface area contributed by atoms with Crippen molar-refractivity contribution in [3.63, 3.8) is 0 Å². The van der Waals surface area contributed by atoms with E-state index in [0.29, 0.717) is 43.5 Å². The Labute approximate surface area is 193 Å². The molecule has 1 aromatic heterocycles. The fourth-order valence-corrected chi connectivity index (χ4v) is 5.95. The topological polar surface area (TPSA) is 53.5 Å². The number of rotatable bonds is 4. The Bertz CT molecular complexity index is 987. The summed E-state index contributed by atoms with van der Waals surface area (Å²) in [6.07, 6.45) is 5.75. The summed E-state index contributed by atoms with van der Waals surface area (Å²) in [5.74, 6) is -0.642. The van der Waals surface area contributed by atoms with E-state index in [9.17, 15) is 14.0 Å². The van der Waals surface area contributed by atoms with Crippen molar-refractivity contribution in [3.8, 4) is 0 Å². The van der Waals surface area contributed by atoms with E-state index in [1.807, 2.05) is 18.2 Å². The predicted molar refractivity (Wildman–Crippen MR) is 122 cm³/mol. The van der Waals surface area contributed by atoms with E-state index in [1.165, 1.54) is 6.07 Å². The Kier molecular flexibility index (Phi) is 6.26. The van der Waals surface area contributed by atoms with Crippen molar-refractivity contribution in [2.45, 2.75) is 49.4 Å². The average molecular weight is 458 g/mol. The number of amides is 2. The van der Waals surface area contributed by atoms with Gasteiger partial charge in [-0.25, -0.2) is 4.39 Å². The maximum Gasteiger partial charge on any atom is 0.236 e. The first-order valence-corrected chi connectivity index (χ1v) is 11.6. The summed E-state index contributed by atoms with van der Waals surface area (Å²) in [6.45, 7) is 0.760. The number of piperidine rings is 1. The molecule has 1 aliphatic heterocycles. The van der Waals surface area contributed by atoms with Crippen LogP contribution in [0.15, 0.2) is 42.6 Å². The number of carbonyl (C=O) groups excluding carboxylic acids is 2. The second-order valence-corrected chi connectivity index (χ2v) is 9.62. The Morgan fingerprint density at radius 2 is 1.75 bits per heavy atom. The molecule has 5 nitrogen and oxygen atoms in total.